The number of ether oxygens (including phenoxy) is 1. The second kappa shape index (κ2) is 6.32. The van der Waals surface area contributed by atoms with Gasteiger partial charge in [-0.15, -0.1) is 0 Å². The molecule has 0 spiro atoms. The molecule has 3 heterocycles. The van der Waals surface area contributed by atoms with Gasteiger partial charge in [-0.05, 0) is 23.8 Å². The number of nitrogens with one attached hydrogen (secondary N) is 1. The molecule has 4 aromatic rings. The third-order valence-corrected chi connectivity index (χ3v) is 4.07. The van der Waals surface area contributed by atoms with Crippen LogP contribution >= 0.6 is 0 Å². The molecule has 130 valence electrons. The zero-order valence-corrected chi connectivity index (χ0v) is 13.9. The van der Waals surface area contributed by atoms with Crippen LogP contribution in [0.15, 0.2) is 49.1 Å². The van der Waals surface area contributed by atoms with E-state index in [2.05, 4.69) is 20.3 Å². The number of hydrogen-bond acceptors (Lipinski definition) is 6. The fourth-order valence-electron chi connectivity index (χ4n) is 2.73. The summed E-state index contributed by atoms with van der Waals surface area (Å²) in [6.45, 7) is 0.573. The number of aromatic carboxylic acids is 1. The molecule has 26 heavy (non-hydrogen) atoms. The summed E-state index contributed by atoms with van der Waals surface area (Å²) in [5, 5.41) is 12.4. The van der Waals surface area contributed by atoms with Crippen molar-refractivity contribution in [2.24, 2.45) is 0 Å². The number of benzene rings is 1. The summed E-state index contributed by atoms with van der Waals surface area (Å²) >= 11 is 0. The van der Waals surface area contributed by atoms with Crippen LogP contribution in [0.2, 0.25) is 0 Å². The summed E-state index contributed by atoms with van der Waals surface area (Å²) in [6, 6.07) is 9.24. The highest BCUT2D eigenvalue weighted by atomic mass is 16.5. The standard InChI is InChI=1S/C18H15N5O3/c1-26-12-4-2-11(3-5-12)7-21-17-16-9-19-10-23(16)15-6-13(18(24)25)20-8-14(15)22-17/h2-6,8-10H,7H2,1H3,(H,21,22)(H,24,25). The Morgan fingerprint density at radius 1 is 1.23 bits per heavy atom. The van der Waals surface area contributed by atoms with Crippen molar-refractivity contribution in [2.75, 3.05) is 12.4 Å². The van der Waals surface area contributed by atoms with Crippen molar-refractivity contribution in [2.45, 2.75) is 6.54 Å². The van der Waals surface area contributed by atoms with Crippen LogP contribution < -0.4 is 10.1 Å². The molecule has 0 amide bonds. The minimum Gasteiger partial charge on any atom is -0.497 e. The highest BCUT2D eigenvalue weighted by molar-refractivity contribution is 5.91. The molecule has 8 nitrogen and oxygen atoms in total. The quantitative estimate of drug-likeness (QED) is 0.571. The number of methoxy groups -OCH3 is 1. The predicted molar refractivity (Wildman–Crippen MR) is 95.6 cm³/mol. The molecule has 2 N–H and O–H groups in total. The lowest BCUT2D eigenvalue weighted by atomic mass is 10.2. The molecule has 0 saturated heterocycles. The van der Waals surface area contributed by atoms with Crippen molar-refractivity contribution in [3.63, 3.8) is 0 Å². The third kappa shape index (κ3) is 2.77. The van der Waals surface area contributed by atoms with Gasteiger partial charge in [0.1, 0.15) is 22.5 Å². The Hall–Kier alpha value is -3.68. The summed E-state index contributed by atoms with van der Waals surface area (Å²) in [4.78, 5) is 23.8. The van der Waals surface area contributed by atoms with E-state index in [-0.39, 0.29) is 5.69 Å². The first-order chi connectivity index (χ1) is 12.7. The minimum absolute atomic E-state index is 0.0340. The van der Waals surface area contributed by atoms with Crippen LogP contribution in [0, 0.1) is 0 Å². The number of rotatable bonds is 5. The van der Waals surface area contributed by atoms with Gasteiger partial charge < -0.3 is 15.2 Å². The molecule has 0 fully saturated rings. The number of pyridine rings is 1. The number of hydrogen-bond donors (Lipinski definition) is 2. The molecule has 0 aliphatic carbocycles. The number of carboxylic acids is 1. The lowest BCUT2D eigenvalue weighted by Crippen LogP contribution is -2.06. The first kappa shape index (κ1) is 15.8. The maximum absolute atomic E-state index is 11.2. The Morgan fingerprint density at radius 3 is 2.77 bits per heavy atom. The van der Waals surface area contributed by atoms with E-state index < -0.39 is 5.97 Å². The van der Waals surface area contributed by atoms with Crippen molar-refractivity contribution in [3.05, 3.63) is 60.3 Å². The van der Waals surface area contributed by atoms with Crippen LogP contribution in [0.3, 0.4) is 0 Å². The van der Waals surface area contributed by atoms with Crippen LogP contribution in [0.1, 0.15) is 16.1 Å². The maximum Gasteiger partial charge on any atom is 0.354 e. The maximum atomic E-state index is 11.2. The van der Waals surface area contributed by atoms with Crippen molar-refractivity contribution < 1.29 is 14.6 Å². The molecule has 0 aliphatic heterocycles. The van der Waals surface area contributed by atoms with Gasteiger partial charge in [0.15, 0.2) is 5.82 Å². The van der Waals surface area contributed by atoms with Crippen molar-refractivity contribution in [1.82, 2.24) is 19.4 Å². The first-order valence-corrected chi connectivity index (χ1v) is 7.87. The number of imidazole rings is 1. The molecule has 0 radical (unpaired) electrons. The zero-order chi connectivity index (χ0) is 18.1. The van der Waals surface area contributed by atoms with Gasteiger partial charge in [0.05, 0.1) is 31.3 Å². The Bertz CT molecular complexity index is 1110. The SMILES string of the molecule is COc1ccc(CNc2nc3cnc(C(=O)O)cc3n3cncc23)cc1. The fraction of sp³-hybridized carbons (Fsp3) is 0.111. The monoisotopic (exact) mass is 349 g/mol. The van der Waals surface area contributed by atoms with Gasteiger partial charge in [-0.25, -0.2) is 19.7 Å². The van der Waals surface area contributed by atoms with E-state index in [1.54, 1.807) is 24.0 Å². The van der Waals surface area contributed by atoms with Crippen molar-refractivity contribution in [1.29, 1.82) is 0 Å². The summed E-state index contributed by atoms with van der Waals surface area (Å²) in [7, 11) is 1.63. The van der Waals surface area contributed by atoms with Crippen LogP contribution in [0.25, 0.3) is 16.6 Å². The van der Waals surface area contributed by atoms with Gasteiger partial charge in [-0.2, -0.15) is 0 Å². The molecule has 0 aliphatic rings. The lowest BCUT2D eigenvalue weighted by Gasteiger charge is -2.10. The molecule has 0 saturated carbocycles. The fourth-order valence-corrected chi connectivity index (χ4v) is 2.73. The largest absolute Gasteiger partial charge is 0.497 e. The van der Waals surface area contributed by atoms with E-state index >= 15 is 0 Å². The third-order valence-electron chi connectivity index (χ3n) is 4.07. The Morgan fingerprint density at radius 2 is 2.04 bits per heavy atom. The minimum atomic E-state index is -1.08. The highest BCUT2D eigenvalue weighted by Crippen LogP contribution is 2.22. The second-order valence-electron chi connectivity index (χ2n) is 5.67. The average molecular weight is 349 g/mol. The zero-order valence-electron chi connectivity index (χ0n) is 13.9. The lowest BCUT2D eigenvalue weighted by molar-refractivity contribution is 0.0690. The van der Waals surface area contributed by atoms with Crippen LogP contribution in [0.4, 0.5) is 5.82 Å². The normalized spacial score (nSPS) is 11.0. The molecule has 8 heteroatoms. The predicted octanol–water partition coefficient (Wildman–Crippen LogP) is 2.60. The van der Waals surface area contributed by atoms with E-state index in [1.165, 1.54) is 12.3 Å². The van der Waals surface area contributed by atoms with Crippen LogP contribution in [0.5, 0.6) is 5.75 Å². The average Bonchev–Trinajstić information content (AvgIpc) is 3.16. The smallest absolute Gasteiger partial charge is 0.354 e. The van der Waals surface area contributed by atoms with Gasteiger partial charge in [-0.1, -0.05) is 12.1 Å². The molecule has 0 unspecified atom stereocenters. The number of aromatic nitrogens is 4. The van der Waals surface area contributed by atoms with E-state index in [1.807, 2.05) is 24.3 Å². The summed E-state index contributed by atoms with van der Waals surface area (Å²) in [5.74, 6) is 0.369. The molecule has 4 rings (SSSR count). The molecule has 1 aromatic carbocycles. The molecule has 0 atom stereocenters. The van der Waals surface area contributed by atoms with Crippen LogP contribution in [-0.4, -0.2) is 37.5 Å². The van der Waals surface area contributed by atoms with Crippen molar-refractivity contribution >= 4 is 28.3 Å². The highest BCUT2D eigenvalue weighted by Gasteiger charge is 2.12. The first-order valence-electron chi connectivity index (χ1n) is 7.87. The number of anilines is 1. The van der Waals surface area contributed by atoms with Gasteiger partial charge in [0, 0.05) is 6.54 Å². The van der Waals surface area contributed by atoms with E-state index in [0.717, 1.165) is 16.8 Å². The van der Waals surface area contributed by atoms with Gasteiger partial charge >= 0.3 is 5.97 Å². The number of carboxylic acid groups (broad SMARTS) is 1. The second-order valence-corrected chi connectivity index (χ2v) is 5.67. The van der Waals surface area contributed by atoms with Gasteiger partial charge in [0.25, 0.3) is 0 Å². The molecular weight excluding hydrogens is 334 g/mol. The Balaban J connectivity index is 1.71. The van der Waals surface area contributed by atoms with Gasteiger partial charge in [0.2, 0.25) is 0 Å². The van der Waals surface area contributed by atoms with Gasteiger partial charge in [-0.3, -0.25) is 4.40 Å². The topological polar surface area (TPSA) is 102 Å². The summed E-state index contributed by atoms with van der Waals surface area (Å²) in [6.07, 6.45) is 4.77. The van der Waals surface area contributed by atoms with Crippen molar-refractivity contribution in [3.8, 4) is 5.75 Å². The van der Waals surface area contributed by atoms with E-state index in [0.29, 0.717) is 23.4 Å². The number of nitrogens with zero attached hydrogens (tertiary/aromatic N) is 4. The Kier molecular flexibility index (Phi) is 3.85. The van der Waals surface area contributed by atoms with Crippen LogP contribution in [-0.2, 0) is 6.54 Å². The number of fused-ring (bicyclic) bond motifs is 3. The van der Waals surface area contributed by atoms with E-state index in [4.69, 9.17) is 9.84 Å². The number of carbonyl (C=O) groups is 1. The molecule has 0 bridgehead atoms. The molecule has 3 aromatic heterocycles. The summed E-state index contributed by atoms with van der Waals surface area (Å²) < 4.78 is 6.96. The molecular formula is C18H15N5O3. The Labute approximate surface area is 148 Å². The summed E-state index contributed by atoms with van der Waals surface area (Å²) in [5.41, 5.74) is 3.02. The van der Waals surface area contributed by atoms with E-state index in [9.17, 15) is 4.79 Å².